The van der Waals surface area contributed by atoms with Gasteiger partial charge in [-0.2, -0.15) is 5.26 Å². The van der Waals surface area contributed by atoms with Crippen LogP contribution >= 0.6 is 20.2 Å². The van der Waals surface area contributed by atoms with Crippen LogP contribution in [0.2, 0.25) is 5.02 Å². The zero-order chi connectivity index (χ0) is 19.7. The van der Waals surface area contributed by atoms with E-state index in [1.165, 1.54) is 10.4 Å². The number of halogens is 1. The molecular formula is C20H15ClN3O2P. The molecule has 2 aromatic carbocycles. The lowest BCUT2D eigenvalue weighted by Gasteiger charge is -2.12. The molecule has 27 heavy (non-hydrogen) atoms. The van der Waals surface area contributed by atoms with E-state index in [0.717, 1.165) is 22.3 Å². The molecule has 0 unspecified atom stereocenters. The predicted octanol–water partition coefficient (Wildman–Crippen LogP) is 5.27. The second-order valence-electron chi connectivity index (χ2n) is 6.13. The standard InChI is InChI=1S/C20H15ClN3O2P/c1-11-8-13(4-3-7-22)12(2)15(9-11)18-16-10-14(21)5-6-17(16)24(27-26)19(18)20(23)25/h3-6,8-10H,1-2H3,(H2,23,25)/b4-3+. The lowest BCUT2D eigenvalue weighted by Crippen LogP contribution is -2.15. The fraction of sp³-hybridized carbons (Fsp3) is 0.100. The minimum absolute atomic E-state index is 0.146. The molecule has 2 N–H and O–H groups in total. The molecule has 0 bridgehead atoms. The number of hydrogen-bond donors (Lipinski definition) is 1. The fourth-order valence-corrected chi connectivity index (χ4v) is 3.99. The van der Waals surface area contributed by atoms with Crippen molar-refractivity contribution in [3.8, 4) is 17.2 Å². The van der Waals surface area contributed by atoms with Gasteiger partial charge in [0, 0.05) is 22.0 Å². The van der Waals surface area contributed by atoms with E-state index in [0.29, 0.717) is 21.5 Å². The molecule has 3 aromatic rings. The Morgan fingerprint density at radius 3 is 2.67 bits per heavy atom. The third kappa shape index (κ3) is 3.26. The molecule has 0 aliphatic heterocycles. The van der Waals surface area contributed by atoms with Crippen LogP contribution in [-0.4, -0.2) is 10.2 Å². The van der Waals surface area contributed by atoms with Crippen molar-refractivity contribution in [3.05, 3.63) is 63.8 Å². The van der Waals surface area contributed by atoms with E-state index in [1.807, 2.05) is 32.0 Å². The molecule has 0 spiro atoms. The highest BCUT2D eigenvalue weighted by Gasteiger charge is 2.24. The molecule has 134 valence electrons. The van der Waals surface area contributed by atoms with Crippen molar-refractivity contribution in [1.29, 1.82) is 5.26 Å². The maximum atomic E-state index is 12.3. The number of carbonyl (C=O) groups excluding carboxylic acids is 1. The summed E-state index contributed by atoms with van der Waals surface area (Å²) in [4.78, 5) is 12.3. The highest BCUT2D eigenvalue weighted by molar-refractivity contribution is 7.22. The SMILES string of the molecule is Cc1cc(/C=C/C#N)c(C)c(-c2c(C(N)=O)n(P=O)c3ccc(Cl)cc23)c1. The van der Waals surface area contributed by atoms with Crippen LogP contribution in [0.5, 0.6) is 0 Å². The number of aromatic nitrogens is 1. The Morgan fingerprint density at radius 1 is 1.30 bits per heavy atom. The number of primary amides is 1. The zero-order valence-electron chi connectivity index (χ0n) is 14.7. The van der Waals surface area contributed by atoms with Crippen LogP contribution in [0, 0.1) is 25.2 Å². The molecule has 0 fully saturated rings. The third-order valence-corrected chi connectivity index (χ3v) is 5.23. The number of rotatable bonds is 4. The highest BCUT2D eigenvalue weighted by Crippen LogP contribution is 2.40. The van der Waals surface area contributed by atoms with Crippen LogP contribution in [0.3, 0.4) is 0 Å². The van der Waals surface area contributed by atoms with Crippen molar-refractivity contribution in [2.45, 2.75) is 13.8 Å². The molecule has 0 aliphatic rings. The van der Waals surface area contributed by atoms with Crippen molar-refractivity contribution in [2.75, 3.05) is 0 Å². The highest BCUT2D eigenvalue weighted by atomic mass is 35.5. The van der Waals surface area contributed by atoms with Gasteiger partial charge >= 0.3 is 0 Å². The molecule has 0 saturated carbocycles. The average Bonchev–Trinajstić information content (AvgIpc) is 2.95. The van der Waals surface area contributed by atoms with E-state index in [4.69, 9.17) is 22.6 Å². The van der Waals surface area contributed by atoms with Crippen LogP contribution in [0.1, 0.15) is 27.2 Å². The summed E-state index contributed by atoms with van der Waals surface area (Å²) in [5.41, 5.74) is 10.4. The van der Waals surface area contributed by atoms with E-state index in [1.54, 1.807) is 24.3 Å². The van der Waals surface area contributed by atoms with Gasteiger partial charge < -0.3 is 5.73 Å². The van der Waals surface area contributed by atoms with Crippen molar-refractivity contribution in [3.63, 3.8) is 0 Å². The minimum Gasteiger partial charge on any atom is -0.364 e. The number of amides is 1. The second-order valence-corrected chi connectivity index (χ2v) is 7.13. The summed E-state index contributed by atoms with van der Waals surface area (Å²) >= 11 is 6.18. The molecule has 3 rings (SSSR count). The number of allylic oxidation sites excluding steroid dienone is 1. The summed E-state index contributed by atoms with van der Waals surface area (Å²) in [6.45, 7) is 3.83. The Morgan fingerprint density at radius 2 is 2.04 bits per heavy atom. The molecule has 0 atom stereocenters. The number of nitrogens with two attached hydrogens (primary N) is 1. The molecule has 7 heteroatoms. The second kappa shape index (κ2) is 7.36. The predicted molar refractivity (Wildman–Crippen MR) is 108 cm³/mol. The summed E-state index contributed by atoms with van der Waals surface area (Å²) in [6.07, 6.45) is 3.12. The number of carbonyl (C=O) groups is 1. The quantitative estimate of drug-likeness (QED) is 0.482. The number of benzene rings is 2. The summed E-state index contributed by atoms with van der Waals surface area (Å²) in [5, 5.41) is 10.0. The van der Waals surface area contributed by atoms with E-state index >= 15 is 0 Å². The maximum absolute atomic E-state index is 12.3. The van der Waals surface area contributed by atoms with E-state index < -0.39 is 5.91 Å². The fourth-order valence-electron chi connectivity index (χ4n) is 3.28. The van der Waals surface area contributed by atoms with Gasteiger partial charge in [0.1, 0.15) is 5.69 Å². The Labute approximate surface area is 162 Å². The first-order chi connectivity index (χ1) is 12.9. The number of hydrogen-bond acceptors (Lipinski definition) is 3. The summed E-state index contributed by atoms with van der Waals surface area (Å²) in [7, 11) is -0.368. The van der Waals surface area contributed by atoms with Gasteiger partial charge in [0.05, 0.1) is 11.6 Å². The van der Waals surface area contributed by atoms with Crippen LogP contribution < -0.4 is 5.73 Å². The molecule has 1 amide bonds. The Bertz CT molecular complexity index is 1170. The van der Waals surface area contributed by atoms with Gasteiger partial charge in [-0.3, -0.25) is 9.13 Å². The largest absolute Gasteiger partial charge is 0.364 e. The molecular weight excluding hydrogens is 381 g/mol. The lowest BCUT2D eigenvalue weighted by atomic mass is 9.92. The molecule has 0 saturated heterocycles. The molecule has 0 radical (unpaired) electrons. The van der Waals surface area contributed by atoms with Crippen molar-refractivity contribution >= 4 is 43.1 Å². The number of fused-ring (bicyclic) bond motifs is 1. The summed E-state index contributed by atoms with van der Waals surface area (Å²) in [5.74, 6) is -0.685. The maximum Gasteiger partial charge on any atom is 0.287 e. The van der Waals surface area contributed by atoms with Gasteiger partial charge in [-0.15, -0.1) is 0 Å². The molecule has 5 nitrogen and oxygen atoms in total. The van der Waals surface area contributed by atoms with Gasteiger partial charge in [0.25, 0.3) is 14.5 Å². The Kier molecular flexibility index (Phi) is 5.14. The van der Waals surface area contributed by atoms with Crippen molar-refractivity contribution in [2.24, 2.45) is 5.73 Å². The van der Waals surface area contributed by atoms with E-state index in [9.17, 15) is 9.36 Å². The van der Waals surface area contributed by atoms with Crippen LogP contribution in [0.15, 0.2) is 36.4 Å². The molecule has 1 aromatic heterocycles. The van der Waals surface area contributed by atoms with Crippen molar-refractivity contribution in [1.82, 2.24) is 4.34 Å². The van der Waals surface area contributed by atoms with Gasteiger partial charge in [-0.25, -0.2) is 4.57 Å². The summed E-state index contributed by atoms with van der Waals surface area (Å²) < 4.78 is 13.2. The smallest absolute Gasteiger partial charge is 0.287 e. The topological polar surface area (TPSA) is 88.9 Å². The van der Waals surface area contributed by atoms with Crippen LogP contribution in [0.25, 0.3) is 28.1 Å². The van der Waals surface area contributed by atoms with Crippen LogP contribution in [-0.2, 0) is 4.57 Å². The van der Waals surface area contributed by atoms with E-state index in [-0.39, 0.29) is 14.3 Å². The number of nitriles is 1. The van der Waals surface area contributed by atoms with Gasteiger partial charge in [-0.05, 0) is 60.4 Å². The third-order valence-electron chi connectivity index (χ3n) is 4.42. The number of aryl methyl sites for hydroxylation is 1. The zero-order valence-corrected chi connectivity index (χ0v) is 16.3. The monoisotopic (exact) mass is 395 g/mol. The van der Waals surface area contributed by atoms with Gasteiger partial charge in [0.2, 0.25) is 0 Å². The van der Waals surface area contributed by atoms with Gasteiger partial charge in [0.15, 0.2) is 0 Å². The minimum atomic E-state index is -0.685. The lowest BCUT2D eigenvalue weighted by molar-refractivity contribution is 0.0996. The first kappa shape index (κ1) is 18.8. The first-order valence-corrected chi connectivity index (χ1v) is 9.18. The van der Waals surface area contributed by atoms with Crippen LogP contribution in [0.4, 0.5) is 0 Å². The normalized spacial score (nSPS) is 11.3. The summed E-state index contributed by atoms with van der Waals surface area (Å²) in [6, 6.07) is 11.0. The molecule has 1 heterocycles. The van der Waals surface area contributed by atoms with E-state index in [2.05, 4.69) is 0 Å². The Hall–Kier alpha value is -2.93. The first-order valence-electron chi connectivity index (χ1n) is 8.04. The number of nitrogens with zero attached hydrogens (tertiary/aromatic N) is 2. The van der Waals surface area contributed by atoms with Crippen molar-refractivity contribution < 1.29 is 9.36 Å². The molecule has 0 aliphatic carbocycles. The average molecular weight is 396 g/mol. The van der Waals surface area contributed by atoms with Gasteiger partial charge in [-0.1, -0.05) is 23.7 Å². The Balaban J connectivity index is 2.50.